The Morgan fingerprint density at radius 1 is 1.11 bits per heavy atom. The van der Waals surface area contributed by atoms with Crippen LogP contribution in [0, 0.1) is 12.3 Å². The number of hydrogen-bond donors (Lipinski definition) is 3. The van der Waals surface area contributed by atoms with Gasteiger partial charge in [-0.05, 0) is 66.0 Å². The molecule has 1 aromatic carbocycles. The van der Waals surface area contributed by atoms with E-state index < -0.39 is 41.8 Å². The number of nitrogens with zero attached hydrogens (tertiary/aromatic N) is 1. The van der Waals surface area contributed by atoms with Crippen LogP contribution in [-0.2, 0) is 14.3 Å². The summed E-state index contributed by atoms with van der Waals surface area (Å²) in [5.41, 5.74) is -0.656. The minimum absolute atomic E-state index is 0.0113. The quantitative estimate of drug-likeness (QED) is 0.496. The molecule has 0 bridgehead atoms. The number of ether oxygens (including phenoxy) is 1. The van der Waals surface area contributed by atoms with Gasteiger partial charge < -0.3 is 25.4 Å². The number of aliphatic hydroxyl groups is 1. The van der Waals surface area contributed by atoms with Crippen molar-refractivity contribution in [3.63, 3.8) is 0 Å². The van der Waals surface area contributed by atoms with Gasteiger partial charge >= 0.3 is 6.09 Å². The minimum Gasteiger partial charge on any atom is -0.444 e. The predicted molar refractivity (Wildman–Crippen MR) is 139 cm³/mol. The SMILES string of the molecule is C#Cc1ccccc1C(C(=O)NC1CCCCC1)N(C(=O)C(CO)NC(=O)OC(C)(C)C)C(C)(C)C. The number of amides is 3. The van der Waals surface area contributed by atoms with Crippen molar-refractivity contribution < 1.29 is 24.2 Å². The molecule has 3 N–H and O–H groups in total. The van der Waals surface area contributed by atoms with Gasteiger partial charge in [0.1, 0.15) is 17.7 Å². The molecule has 1 saturated carbocycles. The Bertz CT molecular complexity index is 965. The zero-order chi connectivity index (χ0) is 27.1. The summed E-state index contributed by atoms with van der Waals surface area (Å²) in [6, 6.07) is 4.63. The fourth-order valence-corrected chi connectivity index (χ4v) is 4.44. The average molecular weight is 500 g/mol. The van der Waals surface area contributed by atoms with E-state index in [1.807, 2.05) is 0 Å². The van der Waals surface area contributed by atoms with E-state index in [1.54, 1.807) is 65.8 Å². The van der Waals surface area contributed by atoms with Crippen molar-refractivity contribution in [1.82, 2.24) is 15.5 Å². The average Bonchev–Trinajstić information content (AvgIpc) is 2.79. The second kappa shape index (κ2) is 12.3. The zero-order valence-corrected chi connectivity index (χ0v) is 22.4. The number of nitrogens with one attached hydrogen (secondary N) is 2. The Labute approximate surface area is 215 Å². The largest absolute Gasteiger partial charge is 0.444 e. The van der Waals surface area contributed by atoms with Gasteiger partial charge in [0, 0.05) is 17.1 Å². The third-order valence-electron chi connectivity index (χ3n) is 6.00. The Balaban J connectivity index is 2.51. The van der Waals surface area contributed by atoms with E-state index in [0.717, 1.165) is 32.1 Å². The fourth-order valence-electron chi connectivity index (χ4n) is 4.44. The second-order valence-corrected chi connectivity index (χ2v) is 11.2. The molecule has 1 fully saturated rings. The van der Waals surface area contributed by atoms with E-state index in [1.165, 1.54) is 4.90 Å². The van der Waals surface area contributed by atoms with E-state index in [0.29, 0.717) is 11.1 Å². The highest BCUT2D eigenvalue weighted by Crippen LogP contribution is 2.32. The Morgan fingerprint density at radius 2 is 1.72 bits per heavy atom. The molecule has 0 spiro atoms. The number of alkyl carbamates (subject to hydrolysis) is 1. The Morgan fingerprint density at radius 3 is 2.25 bits per heavy atom. The molecular weight excluding hydrogens is 458 g/mol. The van der Waals surface area contributed by atoms with E-state index >= 15 is 0 Å². The van der Waals surface area contributed by atoms with Gasteiger partial charge in [-0.25, -0.2) is 4.79 Å². The van der Waals surface area contributed by atoms with Gasteiger partial charge in [-0.15, -0.1) is 6.42 Å². The molecule has 198 valence electrons. The lowest BCUT2D eigenvalue weighted by atomic mass is 9.91. The van der Waals surface area contributed by atoms with Crippen molar-refractivity contribution in [3.8, 4) is 12.3 Å². The monoisotopic (exact) mass is 499 g/mol. The van der Waals surface area contributed by atoms with E-state index in [4.69, 9.17) is 11.2 Å². The lowest BCUT2D eigenvalue weighted by Crippen LogP contribution is -2.60. The summed E-state index contributed by atoms with van der Waals surface area (Å²) in [5, 5.41) is 15.6. The molecule has 0 radical (unpaired) electrons. The molecule has 2 rings (SSSR count). The van der Waals surface area contributed by atoms with Crippen LogP contribution < -0.4 is 10.6 Å². The van der Waals surface area contributed by atoms with Crippen LogP contribution in [0.1, 0.15) is 90.8 Å². The summed E-state index contributed by atoms with van der Waals surface area (Å²) < 4.78 is 5.28. The molecule has 1 aliphatic rings. The number of aliphatic hydroxyl groups excluding tert-OH is 1. The molecular formula is C28H41N3O5. The summed E-state index contributed by atoms with van der Waals surface area (Å²) in [4.78, 5) is 41.6. The molecule has 0 saturated heterocycles. The lowest BCUT2D eigenvalue weighted by Gasteiger charge is -2.43. The molecule has 2 atom stereocenters. The van der Waals surface area contributed by atoms with E-state index in [2.05, 4.69) is 16.6 Å². The highest BCUT2D eigenvalue weighted by molar-refractivity contribution is 5.93. The smallest absolute Gasteiger partial charge is 0.408 e. The number of carbonyl (C=O) groups is 3. The van der Waals surface area contributed by atoms with Crippen LogP contribution >= 0.6 is 0 Å². The van der Waals surface area contributed by atoms with Crippen LogP contribution in [0.3, 0.4) is 0 Å². The maximum Gasteiger partial charge on any atom is 0.408 e. The highest BCUT2D eigenvalue weighted by atomic mass is 16.6. The van der Waals surface area contributed by atoms with Gasteiger partial charge in [-0.2, -0.15) is 0 Å². The number of rotatable bonds is 7. The minimum atomic E-state index is -1.32. The summed E-state index contributed by atoms with van der Waals surface area (Å²) in [7, 11) is 0. The molecule has 1 aliphatic carbocycles. The van der Waals surface area contributed by atoms with Gasteiger partial charge in [-0.3, -0.25) is 9.59 Å². The topological polar surface area (TPSA) is 108 Å². The zero-order valence-electron chi connectivity index (χ0n) is 22.4. The summed E-state index contributed by atoms with van der Waals surface area (Å²) in [5.74, 6) is 1.66. The summed E-state index contributed by atoms with van der Waals surface area (Å²) >= 11 is 0. The van der Waals surface area contributed by atoms with Crippen LogP contribution in [-0.4, -0.2) is 57.7 Å². The first-order chi connectivity index (χ1) is 16.8. The van der Waals surface area contributed by atoms with Crippen molar-refractivity contribution in [2.45, 2.75) is 103 Å². The third kappa shape index (κ3) is 7.99. The van der Waals surface area contributed by atoms with Crippen LogP contribution in [0.5, 0.6) is 0 Å². The number of hydrogen-bond acceptors (Lipinski definition) is 5. The van der Waals surface area contributed by atoms with Crippen molar-refractivity contribution >= 4 is 17.9 Å². The first-order valence-corrected chi connectivity index (χ1v) is 12.6. The Hall–Kier alpha value is -3.05. The highest BCUT2D eigenvalue weighted by Gasteiger charge is 2.42. The van der Waals surface area contributed by atoms with Crippen LogP contribution in [0.15, 0.2) is 24.3 Å². The molecule has 8 nitrogen and oxygen atoms in total. The van der Waals surface area contributed by atoms with Gasteiger partial charge in [0.2, 0.25) is 11.8 Å². The summed E-state index contributed by atoms with van der Waals surface area (Å²) in [6.45, 7) is 9.83. The molecule has 8 heteroatoms. The first kappa shape index (κ1) is 29.2. The molecule has 0 heterocycles. The van der Waals surface area contributed by atoms with Crippen LogP contribution in [0.25, 0.3) is 0 Å². The van der Waals surface area contributed by atoms with E-state index in [9.17, 15) is 19.5 Å². The third-order valence-corrected chi connectivity index (χ3v) is 6.00. The first-order valence-electron chi connectivity index (χ1n) is 12.6. The number of benzene rings is 1. The van der Waals surface area contributed by atoms with Gasteiger partial charge in [0.05, 0.1) is 6.61 Å². The summed E-state index contributed by atoms with van der Waals surface area (Å²) in [6.07, 6.45) is 9.88. The van der Waals surface area contributed by atoms with E-state index in [-0.39, 0.29) is 11.9 Å². The molecule has 3 amide bonds. The molecule has 2 unspecified atom stereocenters. The maximum absolute atomic E-state index is 13.9. The molecule has 36 heavy (non-hydrogen) atoms. The van der Waals surface area contributed by atoms with Crippen molar-refractivity contribution in [2.24, 2.45) is 0 Å². The van der Waals surface area contributed by atoms with Gasteiger partial charge in [0.25, 0.3) is 0 Å². The lowest BCUT2D eigenvalue weighted by molar-refractivity contribution is -0.149. The van der Waals surface area contributed by atoms with Gasteiger partial charge in [0.15, 0.2) is 0 Å². The Kier molecular flexibility index (Phi) is 9.94. The van der Waals surface area contributed by atoms with Crippen molar-refractivity contribution in [2.75, 3.05) is 6.61 Å². The molecule has 1 aromatic rings. The number of terminal acetylenes is 1. The van der Waals surface area contributed by atoms with Crippen molar-refractivity contribution in [1.29, 1.82) is 0 Å². The standard InChI is InChI=1S/C28H41N3O5/c1-8-19-14-12-13-17-21(19)23(24(33)29-20-15-10-9-11-16-20)31(27(2,3)4)25(34)22(18-32)30-26(35)36-28(5,6)7/h1,12-14,17,20,22-23,32H,9-11,15-16,18H2,2-7H3,(H,29,33)(H,30,35). The van der Waals surface area contributed by atoms with Crippen molar-refractivity contribution in [3.05, 3.63) is 35.4 Å². The van der Waals surface area contributed by atoms with Gasteiger partial charge in [-0.1, -0.05) is 43.4 Å². The fraction of sp³-hybridized carbons (Fsp3) is 0.607. The predicted octanol–water partition coefficient (Wildman–Crippen LogP) is 3.67. The molecule has 0 aromatic heterocycles. The number of carbonyl (C=O) groups excluding carboxylic acids is 3. The molecule has 0 aliphatic heterocycles. The van der Waals surface area contributed by atoms with Crippen LogP contribution in [0.2, 0.25) is 0 Å². The normalized spacial score (nSPS) is 16.3. The van der Waals surface area contributed by atoms with Crippen LogP contribution in [0.4, 0.5) is 4.79 Å². The second-order valence-electron chi connectivity index (χ2n) is 11.2. The maximum atomic E-state index is 13.9.